The molecular formula is C20H18Cl2N2O4. The van der Waals surface area contributed by atoms with Crippen LogP contribution in [0.3, 0.4) is 0 Å². The summed E-state index contributed by atoms with van der Waals surface area (Å²) in [7, 11) is 1.51. The Morgan fingerprint density at radius 2 is 1.96 bits per heavy atom. The average Bonchev–Trinajstić information content (AvgIpc) is 3.01. The molecule has 8 heteroatoms. The number of amides is 1. The van der Waals surface area contributed by atoms with Gasteiger partial charge in [0.1, 0.15) is 12.4 Å². The first-order valence-corrected chi connectivity index (χ1v) is 9.14. The Morgan fingerprint density at radius 1 is 1.18 bits per heavy atom. The minimum Gasteiger partial charge on any atom is -0.493 e. The fraction of sp³-hybridized carbons (Fsp3) is 0.200. The molecule has 0 bridgehead atoms. The van der Waals surface area contributed by atoms with Crippen LogP contribution in [-0.4, -0.2) is 18.2 Å². The van der Waals surface area contributed by atoms with Crippen molar-refractivity contribution in [3.63, 3.8) is 0 Å². The van der Waals surface area contributed by atoms with Crippen LogP contribution >= 0.6 is 23.2 Å². The molecule has 0 saturated heterocycles. The lowest BCUT2D eigenvalue weighted by Crippen LogP contribution is -2.12. The van der Waals surface area contributed by atoms with Crippen molar-refractivity contribution in [3.05, 3.63) is 69.0 Å². The van der Waals surface area contributed by atoms with Gasteiger partial charge in [0.15, 0.2) is 11.5 Å². The van der Waals surface area contributed by atoms with Crippen molar-refractivity contribution >= 4 is 34.8 Å². The van der Waals surface area contributed by atoms with Crippen LogP contribution in [0.4, 0.5) is 5.69 Å². The van der Waals surface area contributed by atoms with Gasteiger partial charge in [-0.25, -0.2) is 0 Å². The molecule has 6 nitrogen and oxygen atoms in total. The summed E-state index contributed by atoms with van der Waals surface area (Å²) in [5, 5.41) is 7.28. The molecule has 3 rings (SSSR count). The number of hydrogen-bond acceptors (Lipinski definition) is 5. The molecule has 1 N–H and O–H groups in total. The van der Waals surface area contributed by atoms with Gasteiger partial charge in [-0.1, -0.05) is 34.4 Å². The first-order chi connectivity index (χ1) is 13.4. The number of halogens is 2. The highest BCUT2D eigenvalue weighted by molar-refractivity contribution is 6.44. The van der Waals surface area contributed by atoms with E-state index in [-0.39, 0.29) is 17.5 Å². The molecule has 0 radical (unpaired) electrons. The number of aromatic nitrogens is 1. The Bertz CT molecular complexity index is 998. The molecule has 1 amide bonds. The Morgan fingerprint density at radius 3 is 2.64 bits per heavy atom. The van der Waals surface area contributed by atoms with Gasteiger partial charge in [0.05, 0.1) is 34.1 Å². The van der Waals surface area contributed by atoms with Gasteiger partial charge in [-0.2, -0.15) is 0 Å². The van der Waals surface area contributed by atoms with Crippen molar-refractivity contribution in [3.8, 4) is 11.5 Å². The molecule has 1 aromatic heterocycles. The standard InChI is InChI=1S/C20H18Cl2N2O4/c1-11-14(12(2)28-24-11)10-27-17-8-7-13(9-18(17)26-3)20(25)23-16-6-4-5-15(21)19(16)22/h4-9H,10H2,1-3H3,(H,23,25). The third kappa shape index (κ3) is 4.24. The molecule has 1 heterocycles. The number of nitrogens with one attached hydrogen (secondary N) is 1. The van der Waals surface area contributed by atoms with E-state index >= 15 is 0 Å². The average molecular weight is 421 g/mol. The SMILES string of the molecule is COc1cc(C(=O)Nc2cccc(Cl)c2Cl)ccc1OCc1c(C)noc1C. The zero-order chi connectivity index (χ0) is 20.3. The number of aryl methyl sites for hydroxylation is 2. The Labute approximate surface area is 172 Å². The van der Waals surface area contributed by atoms with E-state index in [2.05, 4.69) is 10.5 Å². The summed E-state index contributed by atoms with van der Waals surface area (Å²) < 4.78 is 16.3. The van der Waals surface area contributed by atoms with Crippen LogP contribution in [0.15, 0.2) is 40.9 Å². The lowest BCUT2D eigenvalue weighted by molar-refractivity contribution is 0.102. The van der Waals surface area contributed by atoms with Crippen LogP contribution in [-0.2, 0) is 6.61 Å². The Kier molecular flexibility index (Phi) is 6.11. The van der Waals surface area contributed by atoms with Crippen molar-refractivity contribution in [2.24, 2.45) is 0 Å². The van der Waals surface area contributed by atoms with Crippen LogP contribution in [0.25, 0.3) is 0 Å². The van der Waals surface area contributed by atoms with E-state index in [1.54, 1.807) is 36.4 Å². The lowest BCUT2D eigenvalue weighted by atomic mass is 10.1. The zero-order valence-electron chi connectivity index (χ0n) is 15.5. The zero-order valence-corrected chi connectivity index (χ0v) is 17.0. The molecular weight excluding hydrogens is 403 g/mol. The maximum absolute atomic E-state index is 12.6. The summed E-state index contributed by atoms with van der Waals surface area (Å²) in [5.74, 6) is 1.28. The molecule has 0 saturated carbocycles. The highest BCUT2D eigenvalue weighted by atomic mass is 35.5. The lowest BCUT2D eigenvalue weighted by Gasteiger charge is -2.13. The summed E-state index contributed by atoms with van der Waals surface area (Å²) in [4.78, 5) is 12.6. The summed E-state index contributed by atoms with van der Waals surface area (Å²) >= 11 is 12.1. The molecule has 0 atom stereocenters. The number of ether oxygens (including phenoxy) is 2. The van der Waals surface area contributed by atoms with Gasteiger partial charge < -0.3 is 19.3 Å². The number of carbonyl (C=O) groups excluding carboxylic acids is 1. The molecule has 146 valence electrons. The summed E-state index contributed by atoms with van der Waals surface area (Å²) in [5.41, 5.74) is 2.46. The second-order valence-corrected chi connectivity index (χ2v) is 6.80. The largest absolute Gasteiger partial charge is 0.493 e. The van der Waals surface area contributed by atoms with Crippen molar-refractivity contribution < 1.29 is 18.8 Å². The Balaban J connectivity index is 1.77. The number of rotatable bonds is 6. The number of benzene rings is 2. The van der Waals surface area contributed by atoms with E-state index in [0.29, 0.717) is 33.5 Å². The van der Waals surface area contributed by atoms with Crippen LogP contribution in [0.1, 0.15) is 27.4 Å². The molecule has 3 aromatic rings. The van der Waals surface area contributed by atoms with Gasteiger partial charge in [0.2, 0.25) is 0 Å². The van der Waals surface area contributed by atoms with Gasteiger partial charge in [0, 0.05) is 5.56 Å². The minimum atomic E-state index is -0.347. The minimum absolute atomic E-state index is 0.279. The summed E-state index contributed by atoms with van der Waals surface area (Å²) in [6, 6.07) is 9.93. The smallest absolute Gasteiger partial charge is 0.255 e. The molecule has 0 fully saturated rings. The fourth-order valence-electron chi connectivity index (χ4n) is 2.58. The fourth-order valence-corrected chi connectivity index (χ4v) is 2.93. The summed E-state index contributed by atoms with van der Waals surface area (Å²) in [6.45, 7) is 3.95. The highest BCUT2D eigenvalue weighted by Crippen LogP contribution is 2.32. The first-order valence-electron chi connectivity index (χ1n) is 8.38. The second kappa shape index (κ2) is 8.54. The summed E-state index contributed by atoms with van der Waals surface area (Å²) in [6.07, 6.45) is 0. The van der Waals surface area contributed by atoms with E-state index < -0.39 is 0 Å². The molecule has 0 aliphatic rings. The third-order valence-electron chi connectivity index (χ3n) is 4.18. The second-order valence-electron chi connectivity index (χ2n) is 6.01. The Hall–Kier alpha value is -2.70. The number of methoxy groups -OCH3 is 1. The maximum Gasteiger partial charge on any atom is 0.255 e. The van der Waals surface area contributed by atoms with Crippen LogP contribution < -0.4 is 14.8 Å². The highest BCUT2D eigenvalue weighted by Gasteiger charge is 2.15. The van der Waals surface area contributed by atoms with Crippen molar-refractivity contribution in [2.75, 3.05) is 12.4 Å². The van der Waals surface area contributed by atoms with E-state index in [9.17, 15) is 4.79 Å². The maximum atomic E-state index is 12.6. The predicted molar refractivity (Wildman–Crippen MR) is 108 cm³/mol. The number of hydrogen-bond donors (Lipinski definition) is 1. The quantitative estimate of drug-likeness (QED) is 0.574. The molecule has 28 heavy (non-hydrogen) atoms. The molecule has 0 aliphatic carbocycles. The van der Waals surface area contributed by atoms with Gasteiger partial charge >= 0.3 is 0 Å². The van der Waals surface area contributed by atoms with Crippen LogP contribution in [0, 0.1) is 13.8 Å². The van der Waals surface area contributed by atoms with Crippen LogP contribution in [0.5, 0.6) is 11.5 Å². The molecule has 0 spiro atoms. The first kappa shape index (κ1) is 20.0. The van der Waals surface area contributed by atoms with Crippen LogP contribution in [0.2, 0.25) is 10.0 Å². The molecule has 0 aliphatic heterocycles. The van der Waals surface area contributed by atoms with Gasteiger partial charge in [-0.05, 0) is 44.2 Å². The van der Waals surface area contributed by atoms with E-state index in [0.717, 1.165) is 11.3 Å². The molecule has 2 aromatic carbocycles. The van der Waals surface area contributed by atoms with E-state index in [1.165, 1.54) is 7.11 Å². The van der Waals surface area contributed by atoms with Crippen molar-refractivity contribution in [2.45, 2.75) is 20.5 Å². The topological polar surface area (TPSA) is 73.6 Å². The monoisotopic (exact) mass is 420 g/mol. The number of nitrogens with zero attached hydrogens (tertiary/aromatic N) is 1. The number of anilines is 1. The van der Waals surface area contributed by atoms with E-state index in [1.807, 2.05) is 13.8 Å². The normalized spacial score (nSPS) is 10.6. The van der Waals surface area contributed by atoms with E-state index in [4.69, 9.17) is 37.2 Å². The number of carbonyl (C=O) groups is 1. The van der Waals surface area contributed by atoms with Gasteiger partial charge in [-0.3, -0.25) is 4.79 Å². The van der Waals surface area contributed by atoms with Crippen molar-refractivity contribution in [1.29, 1.82) is 0 Å². The molecule has 0 unspecified atom stereocenters. The van der Waals surface area contributed by atoms with Crippen molar-refractivity contribution in [1.82, 2.24) is 5.16 Å². The predicted octanol–water partition coefficient (Wildman–Crippen LogP) is 5.44. The van der Waals surface area contributed by atoms with Gasteiger partial charge in [0.25, 0.3) is 5.91 Å². The third-order valence-corrected chi connectivity index (χ3v) is 5.00. The van der Waals surface area contributed by atoms with Gasteiger partial charge in [-0.15, -0.1) is 0 Å².